The van der Waals surface area contributed by atoms with Gasteiger partial charge in [0.05, 0.1) is 12.8 Å². The van der Waals surface area contributed by atoms with Crippen molar-refractivity contribution in [3.8, 4) is 5.75 Å². The van der Waals surface area contributed by atoms with Crippen LogP contribution in [0.25, 0.3) is 0 Å². The van der Waals surface area contributed by atoms with Crippen LogP contribution in [-0.4, -0.2) is 55.2 Å². The van der Waals surface area contributed by atoms with Crippen LogP contribution in [0.2, 0.25) is 0 Å². The molecule has 1 aliphatic heterocycles. The van der Waals surface area contributed by atoms with E-state index in [1.54, 1.807) is 13.2 Å². The number of hydrogen-bond donors (Lipinski definition) is 2. The lowest BCUT2D eigenvalue weighted by Crippen LogP contribution is -2.45. The van der Waals surface area contributed by atoms with Crippen LogP contribution in [0.5, 0.6) is 5.75 Å². The number of urea groups is 2. The summed E-state index contributed by atoms with van der Waals surface area (Å²) in [5, 5.41) is 4.88. The third-order valence-electron chi connectivity index (χ3n) is 7.25. The molecule has 0 saturated carbocycles. The van der Waals surface area contributed by atoms with Crippen molar-refractivity contribution >= 4 is 29.1 Å². The third-order valence-corrected chi connectivity index (χ3v) is 7.25. The quantitative estimate of drug-likeness (QED) is 0.234. The van der Waals surface area contributed by atoms with Gasteiger partial charge in [-0.1, -0.05) is 30.3 Å². The number of benzene rings is 4. The van der Waals surface area contributed by atoms with E-state index in [0.29, 0.717) is 17.0 Å². The van der Waals surface area contributed by atoms with E-state index in [0.717, 1.165) is 50.6 Å². The monoisotopic (exact) mass is 603 g/mol. The largest absolute Gasteiger partial charge is 0.497 e. The molecule has 8 nitrogen and oxygen atoms in total. The fourth-order valence-electron chi connectivity index (χ4n) is 4.98. The first-order chi connectivity index (χ1) is 21.3. The van der Waals surface area contributed by atoms with Crippen LogP contribution >= 0.6 is 0 Å². The van der Waals surface area contributed by atoms with Gasteiger partial charge < -0.3 is 15.4 Å². The Hall–Kier alpha value is -4.87. The molecule has 1 fully saturated rings. The van der Waals surface area contributed by atoms with Crippen molar-refractivity contribution < 1.29 is 27.5 Å². The lowest BCUT2D eigenvalue weighted by atomic mass is 10.1. The number of ether oxygens (including phenoxy) is 1. The minimum atomic E-state index is -1.02. The van der Waals surface area contributed by atoms with Crippen molar-refractivity contribution in [3.05, 3.63) is 120 Å². The SMILES string of the molecule is COc1ccc(CN2CCN(Cc3ccc(F)c(N(C(=O)Nc4cccc(F)c4)C(=O)Nc4cccc(F)c4)c3)CC2)cc1. The fraction of sp³-hybridized carbons (Fsp3) is 0.212. The van der Waals surface area contributed by atoms with Crippen LogP contribution < -0.4 is 20.3 Å². The summed E-state index contributed by atoms with van der Waals surface area (Å²) >= 11 is 0. The molecule has 0 unspecified atom stereocenters. The number of imide groups is 1. The van der Waals surface area contributed by atoms with E-state index in [4.69, 9.17) is 4.74 Å². The van der Waals surface area contributed by atoms with E-state index >= 15 is 4.39 Å². The minimum Gasteiger partial charge on any atom is -0.497 e. The standard InChI is InChI=1S/C33H32F3N5O3/c1-44-29-11-8-23(9-12-29)21-39-14-16-40(17-15-39)22-24-10-13-30(36)31(18-24)41(32(42)37-27-6-2-4-25(34)19-27)33(43)38-28-7-3-5-26(35)20-28/h2-13,18-20H,14-17,21-22H2,1H3,(H,37,42)(H,38,43). The normalized spacial score (nSPS) is 13.7. The topological polar surface area (TPSA) is 77.2 Å². The second-order valence-corrected chi connectivity index (χ2v) is 10.4. The summed E-state index contributed by atoms with van der Waals surface area (Å²) in [6.07, 6.45) is 0. The third kappa shape index (κ3) is 7.94. The molecule has 2 N–H and O–H groups in total. The summed E-state index contributed by atoms with van der Waals surface area (Å²) < 4.78 is 48.1. The van der Waals surface area contributed by atoms with Crippen molar-refractivity contribution in [1.82, 2.24) is 9.80 Å². The molecule has 0 aliphatic carbocycles. The number of hydrogen-bond acceptors (Lipinski definition) is 5. The molecular formula is C33H32F3N5O3. The van der Waals surface area contributed by atoms with E-state index < -0.39 is 29.5 Å². The molecule has 0 aromatic heterocycles. The first-order valence-corrected chi connectivity index (χ1v) is 14.1. The van der Waals surface area contributed by atoms with Crippen molar-refractivity contribution in [2.24, 2.45) is 0 Å². The van der Waals surface area contributed by atoms with Crippen molar-refractivity contribution in [2.45, 2.75) is 13.1 Å². The fourth-order valence-corrected chi connectivity index (χ4v) is 4.98. The van der Waals surface area contributed by atoms with Crippen LogP contribution in [0.1, 0.15) is 11.1 Å². The molecule has 0 radical (unpaired) electrons. The lowest BCUT2D eigenvalue weighted by Gasteiger charge is -2.35. The summed E-state index contributed by atoms with van der Waals surface area (Å²) in [5.74, 6) is -1.21. The highest BCUT2D eigenvalue weighted by molar-refractivity contribution is 6.21. The van der Waals surface area contributed by atoms with Gasteiger partial charge in [0.15, 0.2) is 0 Å². The zero-order valence-corrected chi connectivity index (χ0v) is 24.1. The Kier molecular flexibility index (Phi) is 9.78. The van der Waals surface area contributed by atoms with Gasteiger partial charge in [0.2, 0.25) is 0 Å². The Morgan fingerprint density at radius 1 is 0.705 bits per heavy atom. The molecule has 4 amide bonds. The average molecular weight is 604 g/mol. The number of nitrogens with zero attached hydrogens (tertiary/aromatic N) is 3. The van der Waals surface area contributed by atoms with Gasteiger partial charge in [-0.2, -0.15) is 0 Å². The highest BCUT2D eigenvalue weighted by Crippen LogP contribution is 2.25. The highest BCUT2D eigenvalue weighted by atomic mass is 19.1. The van der Waals surface area contributed by atoms with Crippen molar-refractivity contribution in [2.75, 3.05) is 48.8 Å². The van der Waals surface area contributed by atoms with Gasteiger partial charge in [0, 0.05) is 50.6 Å². The summed E-state index contributed by atoms with van der Waals surface area (Å²) in [6, 6.07) is 20.4. The second-order valence-electron chi connectivity index (χ2n) is 10.4. The summed E-state index contributed by atoms with van der Waals surface area (Å²) in [5.41, 5.74) is 1.72. The number of amides is 4. The summed E-state index contributed by atoms with van der Waals surface area (Å²) in [6.45, 7) is 4.48. The zero-order valence-electron chi connectivity index (χ0n) is 24.1. The molecule has 4 aromatic rings. The first-order valence-electron chi connectivity index (χ1n) is 14.1. The average Bonchev–Trinajstić information content (AvgIpc) is 3.00. The Bertz CT molecular complexity index is 1550. The number of piperazine rings is 1. The predicted molar refractivity (Wildman–Crippen MR) is 163 cm³/mol. The number of anilines is 3. The van der Waals surface area contributed by atoms with E-state index in [-0.39, 0.29) is 17.1 Å². The number of carbonyl (C=O) groups is 2. The Balaban J connectivity index is 1.31. The number of nitrogens with one attached hydrogen (secondary N) is 2. The number of carbonyl (C=O) groups excluding carboxylic acids is 2. The molecule has 1 saturated heterocycles. The molecule has 0 spiro atoms. The molecular weight excluding hydrogens is 571 g/mol. The van der Waals surface area contributed by atoms with Crippen LogP contribution in [0.15, 0.2) is 91.0 Å². The Morgan fingerprint density at radius 3 is 1.70 bits per heavy atom. The van der Waals surface area contributed by atoms with Crippen LogP contribution in [-0.2, 0) is 13.1 Å². The number of methoxy groups -OCH3 is 1. The van der Waals surface area contributed by atoms with Crippen LogP contribution in [0, 0.1) is 17.5 Å². The molecule has 44 heavy (non-hydrogen) atoms. The highest BCUT2D eigenvalue weighted by Gasteiger charge is 2.28. The molecule has 1 heterocycles. The lowest BCUT2D eigenvalue weighted by molar-refractivity contribution is 0.122. The molecule has 11 heteroatoms. The molecule has 4 aromatic carbocycles. The van der Waals surface area contributed by atoms with Crippen LogP contribution in [0.3, 0.4) is 0 Å². The van der Waals surface area contributed by atoms with E-state index in [1.165, 1.54) is 54.1 Å². The molecule has 0 atom stereocenters. The van der Waals surface area contributed by atoms with Gasteiger partial charge in [0.1, 0.15) is 23.2 Å². The van der Waals surface area contributed by atoms with Gasteiger partial charge in [-0.3, -0.25) is 9.80 Å². The van der Waals surface area contributed by atoms with Gasteiger partial charge in [-0.05, 0) is 71.8 Å². The van der Waals surface area contributed by atoms with E-state index in [2.05, 4.69) is 20.4 Å². The predicted octanol–water partition coefficient (Wildman–Crippen LogP) is 6.70. The smallest absolute Gasteiger partial charge is 0.334 e. The Labute approximate surface area is 253 Å². The molecule has 228 valence electrons. The van der Waals surface area contributed by atoms with Gasteiger partial charge >= 0.3 is 12.1 Å². The first kappa shape index (κ1) is 30.6. The minimum absolute atomic E-state index is 0.0719. The molecule has 5 rings (SSSR count). The summed E-state index contributed by atoms with van der Waals surface area (Å²) in [7, 11) is 1.64. The van der Waals surface area contributed by atoms with E-state index in [1.807, 2.05) is 24.3 Å². The maximum absolute atomic E-state index is 15.3. The number of rotatable bonds is 8. The van der Waals surface area contributed by atoms with Gasteiger partial charge in [-0.15, -0.1) is 0 Å². The second kappa shape index (κ2) is 14.1. The number of halogens is 3. The van der Waals surface area contributed by atoms with Crippen molar-refractivity contribution in [3.63, 3.8) is 0 Å². The van der Waals surface area contributed by atoms with E-state index in [9.17, 15) is 18.4 Å². The maximum Gasteiger partial charge on any atom is 0.334 e. The van der Waals surface area contributed by atoms with Gasteiger partial charge in [0.25, 0.3) is 0 Å². The maximum atomic E-state index is 15.3. The Morgan fingerprint density at radius 2 is 1.20 bits per heavy atom. The molecule has 0 bridgehead atoms. The molecule has 1 aliphatic rings. The zero-order chi connectivity index (χ0) is 31.1. The summed E-state index contributed by atoms with van der Waals surface area (Å²) in [4.78, 5) is 31.9. The van der Waals surface area contributed by atoms with Crippen LogP contribution in [0.4, 0.5) is 39.8 Å². The van der Waals surface area contributed by atoms with Crippen molar-refractivity contribution in [1.29, 1.82) is 0 Å². The van der Waals surface area contributed by atoms with Gasteiger partial charge in [-0.25, -0.2) is 27.7 Å².